The minimum Gasteiger partial charge on any atom is -0.494 e. The maximum Gasteiger partial charge on any atom is 0.325 e. The van der Waals surface area contributed by atoms with Gasteiger partial charge in [0.1, 0.15) is 18.8 Å². The lowest BCUT2D eigenvalue weighted by Gasteiger charge is -2.20. The van der Waals surface area contributed by atoms with Gasteiger partial charge >= 0.3 is 11.9 Å². The molecule has 7 heteroatoms. The molecular weight excluding hydrogens is 482 g/mol. The largest absolute Gasteiger partial charge is 0.494 e. The fraction of sp³-hybridized carbons (Fsp3) is 0.710. The minimum atomic E-state index is -0.613. The fourth-order valence-corrected chi connectivity index (χ4v) is 4.38. The fourth-order valence-electron chi connectivity index (χ4n) is 4.38. The van der Waals surface area contributed by atoms with E-state index in [4.69, 9.17) is 4.74 Å². The first kappa shape index (κ1) is 33.5. The Morgan fingerprint density at radius 3 is 1.55 bits per heavy atom. The number of carbonyl (C=O) groups excluding carboxylic acids is 3. The number of methoxy groups -OCH3 is 2. The molecule has 0 fully saturated rings. The highest BCUT2D eigenvalue weighted by molar-refractivity contribution is 5.98. The Labute approximate surface area is 230 Å². The SMILES string of the molecule is CCCCCCCCCCCCCCCCCCOc1cccc(C(=O)N(CC(=O)OC)CC(=O)OC)c1. The summed E-state index contributed by atoms with van der Waals surface area (Å²) in [6.45, 7) is 2.18. The highest BCUT2D eigenvalue weighted by Crippen LogP contribution is 2.17. The van der Waals surface area contributed by atoms with E-state index < -0.39 is 17.8 Å². The van der Waals surface area contributed by atoms with Crippen molar-refractivity contribution in [2.24, 2.45) is 0 Å². The van der Waals surface area contributed by atoms with Gasteiger partial charge in [-0.25, -0.2) is 0 Å². The number of unbranched alkanes of at least 4 members (excludes halogenated alkanes) is 15. The molecule has 0 radical (unpaired) electrons. The molecule has 1 amide bonds. The Kier molecular flexibility index (Phi) is 19.7. The van der Waals surface area contributed by atoms with Gasteiger partial charge in [0.25, 0.3) is 5.91 Å². The van der Waals surface area contributed by atoms with Crippen molar-refractivity contribution in [2.45, 2.75) is 110 Å². The summed E-state index contributed by atoms with van der Waals surface area (Å²) in [7, 11) is 2.46. The molecule has 0 unspecified atom stereocenters. The normalized spacial score (nSPS) is 10.7. The molecule has 0 aliphatic heterocycles. The van der Waals surface area contributed by atoms with E-state index in [1.165, 1.54) is 104 Å². The molecule has 38 heavy (non-hydrogen) atoms. The average Bonchev–Trinajstić information content (AvgIpc) is 2.93. The molecule has 0 N–H and O–H groups in total. The molecular formula is C31H51NO6. The molecule has 1 rings (SSSR count). The van der Waals surface area contributed by atoms with Crippen LogP contribution in [0.1, 0.15) is 120 Å². The van der Waals surface area contributed by atoms with Gasteiger partial charge in [-0.1, -0.05) is 109 Å². The van der Waals surface area contributed by atoms with Gasteiger partial charge in [0.05, 0.1) is 20.8 Å². The second-order valence-corrected chi connectivity index (χ2v) is 9.99. The predicted octanol–water partition coefficient (Wildman–Crippen LogP) is 7.12. The molecule has 0 aromatic heterocycles. The molecule has 1 aromatic carbocycles. The number of rotatable bonds is 23. The van der Waals surface area contributed by atoms with Crippen LogP contribution in [0.4, 0.5) is 0 Å². The van der Waals surface area contributed by atoms with E-state index >= 15 is 0 Å². The van der Waals surface area contributed by atoms with Gasteiger partial charge in [-0.05, 0) is 24.6 Å². The first-order valence-electron chi connectivity index (χ1n) is 14.7. The zero-order valence-corrected chi connectivity index (χ0v) is 24.1. The topological polar surface area (TPSA) is 82.1 Å². The second kappa shape index (κ2) is 22.4. The van der Waals surface area contributed by atoms with Gasteiger partial charge in [-0.2, -0.15) is 0 Å². The average molecular weight is 534 g/mol. The molecule has 0 saturated heterocycles. The molecule has 1 aromatic rings. The molecule has 0 aliphatic rings. The van der Waals surface area contributed by atoms with Crippen LogP contribution in [0.5, 0.6) is 5.75 Å². The third-order valence-electron chi connectivity index (χ3n) is 6.73. The Bertz CT molecular complexity index is 763. The van der Waals surface area contributed by atoms with Crippen molar-refractivity contribution in [3.8, 4) is 5.75 Å². The summed E-state index contributed by atoms with van der Waals surface area (Å²) >= 11 is 0. The van der Waals surface area contributed by atoms with Gasteiger partial charge in [0, 0.05) is 5.56 Å². The molecule has 216 valence electrons. The summed E-state index contributed by atoms with van der Waals surface area (Å²) < 4.78 is 15.1. The number of esters is 2. The Morgan fingerprint density at radius 2 is 1.11 bits per heavy atom. The summed E-state index contributed by atoms with van der Waals surface area (Å²) in [5, 5.41) is 0. The van der Waals surface area contributed by atoms with Crippen LogP contribution in [-0.4, -0.2) is 56.7 Å². The number of hydrogen-bond acceptors (Lipinski definition) is 6. The van der Waals surface area contributed by atoms with E-state index in [9.17, 15) is 14.4 Å². The van der Waals surface area contributed by atoms with Crippen molar-refractivity contribution in [2.75, 3.05) is 33.9 Å². The lowest BCUT2D eigenvalue weighted by atomic mass is 10.0. The van der Waals surface area contributed by atoms with Crippen molar-refractivity contribution < 1.29 is 28.6 Å². The van der Waals surface area contributed by atoms with Crippen molar-refractivity contribution >= 4 is 17.8 Å². The van der Waals surface area contributed by atoms with Gasteiger partial charge in [-0.3, -0.25) is 14.4 Å². The van der Waals surface area contributed by atoms with Crippen LogP contribution in [-0.2, 0) is 19.1 Å². The molecule has 7 nitrogen and oxygen atoms in total. The molecule has 0 atom stereocenters. The Morgan fingerprint density at radius 1 is 0.658 bits per heavy atom. The van der Waals surface area contributed by atoms with E-state index in [1.54, 1.807) is 24.3 Å². The second-order valence-electron chi connectivity index (χ2n) is 9.99. The van der Waals surface area contributed by atoms with Gasteiger partial charge in [0.15, 0.2) is 0 Å². The smallest absolute Gasteiger partial charge is 0.325 e. The van der Waals surface area contributed by atoms with Crippen molar-refractivity contribution in [3.05, 3.63) is 29.8 Å². The third-order valence-corrected chi connectivity index (χ3v) is 6.73. The van der Waals surface area contributed by atoms with Crippen molar-refractivity contribution in [1.29, 1.82) is 0 Å². The lowest BCUT2D eigenvalue weighted by Crippen LogP contribution is -2.40. The molecule has 0 bridgehead atoms. The quantitative estimate of drug-likeness (QED) is 0.110. The van der Waals surface area contributed by atoms with Crippen molar-refractivity contribution in [3.63, 3.8) is 0 Å². The van der Waals surface area contributed by atoms with Crippen LogP contribution in [0.3, 0.4) is 0 Å². The summed E-state index contributed by atoms with van der Waals surface area (Å²) in [4.78, 5) is 37.4. The van der Waals surface area contributed by atoms with Crippen LogP contribution in [0, 0.1) is 0 Å². The number of amides is 1. The van der Waals surface area contributed by atoms with Crippen molar-refractivity contribution in [1.82, 2.24) is 4.90 Å². The van der Waals surface area contributed by atoms with Crippen LogP contribution in [0.2, 0.25) is 0 Å². The number of nitrogens with zero attached hydrogens (tertiary/aromatic N) is 1. The third kappa shape index (κ3) is 16.3. The van der Waals surface area contributed by atoms with E-state index in [0.29, 0.717) is 17.9 Å². The Hall–Kier alpha value is -2.57. The van der Waals surface area contributed by atoms with E-state index in [1.807, 2.05) is 0 Å². The summed E-state index contributed by atoms with van der Waals surface area (Å²) in [6.07, 6.45) is 21.2. The van der Waals surface area contributed by atoms with Crippen LogP contribution < -0.4 is 4.74 Å². The van der Waals surface area contributed by atoms with E-state index in [0.717, 1.165) is 17.7 Å². The lowest BCUT2D eigenvalue weighted by molar-refractivity contribution is -0.144. The van der Waals surface area contributed by atoms with Crippen LogP contribution in [0.15, 0.2) is 24.3 Å². The number of benzene rings is 1. The zero-order chi connectivity index (χ0) is 27.8. The van der Waals surface area contributed by atoms with Gasteiger partial charge in [0.2, 0.25) is 0 Å². The van der Waals surface area contributed by atoms with E-state index in [-0.39, 0.29) is 13.1 Å². The molecule has 0 spiro atoms. The first-order chi connectivity index (χ1) is 18.5. The first-order valence-corrected chi connectivity index (χ1v) is 14.7. The standard InChI is InChI=1S/C31H51NO6/c1-4-5-6-7-8-9-10-11-12-13-14-15-16-17-18-19-23-38-28-22-20-21-27(24-28)31(35)32(25-29(33)36-2)26-30(34)37-3/h20-22,24H,4-19,23,25-26H2,1-3H3. The molecule has 0 saturated carbocycles. The number of hydrogen-bond donors (Lipinski definition) is 0. The minimum absolute atomic E-state index is 0.335. The van der Waals surface area contributed by atoms with Gasteiger partial charge < -0.3 is 19.1 Å². The molecule has 0 heterocycles. The number of carbonyl (C=O) groups is 3. The monoisotopic (exact) mass is 533 g/mol. The summed E-state index contributed by atoms with van der Waals surface area (Å²) in [5.74, 6) is -1.10. The summed E-state index contributed by atoms with van der Waals surface area (Å²) in [6, 6.07) is 6.79. The maximum atomic E-state index is 12.9. The highest BCUT2D eigenvalue weighted by atomic mass is 16.5. The van der Waals surface area contributed by atoms with Crippen LogP contribution in [0.25, 0.3) is 0 Å². The zero-order valence-electron chi connectivity index (χ0n) is 24.1. The molecule has 0 aliphatic carbocycles. The van der Waals surface area contributed by atoms with Crippen LogP contribution >= 0.6 is 0 Å². The van der Waals surface area contributed by atoms with E-state index in [2.05, 4.69) is 16.4 Å². The predicted molar refractivity (Wildman–Crippen MR) is 151 cm³/mol. The van der Waals surface area contributed by atoms with Gasteiger partial charge in [-0.15, -0.1) is 0 Å². The maximum absolute atomic E-state index is 12.9. The highest BCUT2D eigenvalue weighted by Gasteiger charge is 2.22. The Balaban J connectivity index is 2.18. The summed E-state index contributed by atoms with van der Waals surface area (Å²) in [5.41, 5.74) is 0.335. The number of ether oxygens (including phenoxy) is 3.